The monoisotopic (exact) mass is 249 g/mol. The number of benzene rings is 1. The van der Waals surface area contributed by atoms with E-state index in [0.717, 1.165) is 5.57 Å². The molecule has 0 saturated carbocycles. The highest BCUT2D eigenvalue weighted by Gasteiger charge is 2.02. The van der Waals surface area contributed by atoms with Crippen LogP contribution in [0.2, 0.25) is 0 Å². The van der Waals surface area contributed by atoms with Gasteiger partial charge in [-0.25, -0.2) is 4.99 Å². The van der Waals surface area contributed by atoms with Gasteiger partial charge < -0.3 is 0 Å². The minimum Gasteiger partial charge on any atom is -0.267 e. The molecule has 2 nitrogen and oxygen atoms in total. The number of rotatable bonds is 1. The van der Waals surface area contributed by atoms with Gasteiger partial charge in [0.1, 0.15) is 0 Å². The third-order valence-corrected chi connectivity index (χ3v) is 2.62. The van der Waals surface area contributed by atoms with Crippen molar-refractivity contribution < 1.29 is 4.79 Å². The van der Waals surface area contributed by atoms with Crippen LogP contribution in [0, 0.1) is 0 Å². The van der Waals surface area contributed by atoms with Crippen LogP contribution in [0.5, 0.6) is 0 Å². The van der Waals surface area contributed by atoms with Crippen LogP contribution >= 0.6 is 0 Å². The lowest BCUT2D eigenvalue weighted by molar-refractivity contribution is 0.100. The molecule has 2 heteroatoms. The minimum absolute atomic E-state index is 0.227. The van der Waals surface area contributed by atoms with Crippen molar-refractivity contribution in [2.24, 2.45) is 4.99 Å². The highest BCUT2D eigenvalue weighted by atomic mass is 16.1. The fraction of sp³-hybridized carbons (Fsp3) is 0.0588. The summed E-state index contributed by atoms with van der Waals surface area (Å²) in [6, 6.07) is 9.07. The van der Waals surface area contributed by atoms with Gasteiger partial charge >= 0.3 is 0 Å². The molecule has 0 N–H and O–H groups in total. The van der Waals surface area contributed by atoms with Gasteiger partial charge in [-0.05, 0) is 31.2 Å². The second-order valence-corrected chi connectivity index (χ2v) is 4.20. The topological polar surface area (TPSA) is 29.4 Å². The summed E-state index contributed by atoms with van der Waals surface area (Å²) in [5.74, 6) is -0.227. The summed E-state index contributed by atoms with van der Waals surface area (Å²) in [7, 11) is 0. The van der Waals surface area contributed by atoms with E-state index in [2.05, 4.69) is 4.99 Å². The standard InChI is InChI=1S/C17H15NO/c1-14-8-4-2-7-11-16(13-12-14)18-17(19)15-9-5-3-6-10-15/h2-13H,1H3/b4-2-,11-7-,13-12?,14-8-,18-16?. The van der Waals surface area contributed by atoms with E-state index < -0.39 is 0 Å². The fourth-order valence-electron chi connectivity index (χ4n) is 1.59. The molecule has 0 saturated heterocycles. The first-order valence-electron chi connectivity index (χ1n) is 6.13. The van der Waals surface area contributed by atoms with Gasteiger partial charge in [0, 0.05) is 5.56 Å². The van der Waals surface area contributed by atoms with E-state index in [1.807, 2.05) is 67.7 Å². The van der Waals surface area contributed by atoms with Crippen LogP contribution in [0.25, 0.3) is 0 Å². The van der Waals surface area contributed by atoms with Crippen LogP contribution in [0.3, 0.4) is 0 Å². The Morgan fingerprint density at radius 3 is 2.53 bits per heavy atom. The maximum Gasteiger partial charge on any atom is 0.277 e. The normalized spacial score (nSPS) is 22.8. The molecule has 0 radical (unpaired) electrons. The number of nitrogens with zero attached hydrogens (tertiary/aromatic N) is 1. The van der Waals surface area contributed by atoms with Gasteiger partial charge in [0.05, 0.1) is 5.71 Å². The third kappa shape index (κ3) is 4.03. The Kier molecular flexibility index (Phi) is 4.40. The van der Waals surface area contributed by atoms with Gasteiger partial charge in [0.15, 0.2) is 0 Å². The van der Waals surface area contributed by atoms with Crippen molar-refractivity contribution in [3.05, 3.63) is 84.0 Å². The molecule has 0 bridgehead atoms. The number of allylic oxidation sites excluding steroid dienone is 8. The first-order valence-corrected chi connectivity index (χ1v) is 6.13. The molecule has 0 unspecified atom stereocenters. The first kappa shape index (κ1) is 13.0. The minimum atomic E-state index is -0.227. The SMILES string of the molecule is C/C1=C/C=C\C=C/C(=NC(=O)c2ccccc2)C=C1. The third-order valence-electron chi connectivity index (χ3n) is 2.62. The zero-order valence-electron chi connectivity index (χ0n) is 10.8. The molecule has 1 aliphatic rings. The summed E-state index contributed by atoms with van der Waals surface area (Å²) in [6.07, 6.45) is 13.4. The Balaban J connectivity index is 2.27. The molecule has 19 heavy (non-hydrogen) atoms. The predicted molar refractivity (Wildman–Crippen MR) is 79.4 cm³/mol. The molecule has 0 aromatic heterocycles. The van der Waals surface area contributed by atoms with Crippen LogP contribution in [0.15, 0.2) is 83.4 Å². The number of aliphatic imine (C=N–C) groups is 1. The number of hydrogen-bond acceptors (Lipinski definition) is 1. The lowest BCUT2D eigenvalue weighted by Gasteiger charge is -1.96. The molecule has 1 amide bonds. The van der Waals surface area contributed by atoms with Gasteiger partial charge in [-0.3, -0.25) is 4.79 Å². The molecule has 1 aromatic carbocycles. The van der Waals surface area contributed by atoms with E-state index in [0.29, 0.717) is 11.3 Å². The Morgan fingerprint density at radius 1 is 0.947 bits per heavy atom. The molecule has 0 fully saturated rings. The number of carbonyl (C=O) groups excluding carboxylic acids is 1. The summed E-state index contributed by atoms with van der Waals surface area (Å²) in [4.78, 5) is 16.1. The molecule has 0 spiro atoms. The quantitative estimate of drug-likeness (QED) is 0.742. The summed E-state index contributed by atoms with van der Waals surface area (Å²) in [6.45, 7) is 2.00. The fourth-order valence-corrected chi connectivity index (χ4v) is 1.59. The Hall–Kier alpha value is -2.48. The van der Waals surface area contributed by atoms with Crippen molar-refractivity contribution in [3.8, 4) is 0 Å². The second-order valence-electron chi connectivity index (χ2n) is 4.20. The highest BCUT2D eigenvalue weighted by Crippen LogP contribution is 2.04. The molecular weight excluding hydrogens is 234 g/mol. The van der Waals surface area contributed by atoms with Gasteiger partial charge in [0.25, 0.3) is 5.91 Å². The van der Waals surface area contributed by atoms with E-state index in [4.69, 9.17) is 0 Å². The second kappa shape index (κ2) is 6.45. The van der Waals surface area contributed by atoms with E-state index in [1.54, 1.807) is 12.1 Å². The lowest BCUT2D eigenvalue weighted by Crippen LogP contribution is -1.99. The molecule has 2 rings (SSSR count). The van der Waals surface area contributed by atoms with E-state index in [-0.39, 0.29) is 5.91 Å². The number of amides is 1. The largest absolute Gasteiger partial charge is 0.277 e. The highest BCUT2D eigenvalue weighted by molar-refractivity contribution is 6.12. The summed E-state index contributed by atoms with van der Waals surface area (Å²) < 4.78 is 0. The van der Waals surface area contributed by atoms with Gasteiger partial charge in [-0.1, -0.05) is 54.2 Å². The van der Waals surface area contributed by atoms with Crippen molar-refractivity contribution in [1.29, 1.82) is 0 Å². The van der Waals surface area contributed by atoms with Crippen LogP contribution in [0.4, 0.5) is 0 Å². The van der Waals surface area contributed by atoms with Gasteiger partial charge in [0.2, 0.25) is 0 Å². The van der Waals surface area contributed by atoms with Crippen LogP contribution in [-0.2, 0) is 0 Å². The van der Waals surface area contributed by atoms with E-state index in [9.17, 15) is 4.79 Å². The smallest absolute Gasteiger partial charge is 0.267 e. The van der Waals surface area contributed by atoms with Crippen molar-refractivity contribution >= 4 is 11.6 Å². The van der Waals surface area contributed by atoms with Crippen molar-refractivity contribution in [1.82, 2.24) is 0 Å². The zero-order valence-corrected chi connectivity index (χ0v) is 10.8. The zero-order chi connectivity index (χ0) is 13.5. The summed E-state index contributed by atoms with van der Waals surface area (Å²) in [5, 5.41) is 0. The van der Waals surface area contributed by atoms with Crippen LogP contribution in [0.1, 0.15) is 17.3 Å². The molecule has 0 aliphatic heterocycles. The Morgan fingerprint density at radius 2 is 1.74 bits per heavy atom. The van der Waals surface area contributed by atoms with Crippen LogP contribution < -0.4 is 0 Å². The molecule has 0 heterocycles. The lowest BCUT2D eigenvalue weighted by atomic mass is 10.2. The number of carbonyl (C=O) groups is 1. The first-order chi connectivity index (χ1) is 9.25. The van der Waals surface area contributed by atoms with Gasteiger partial charge in [-0.15, -0.1) is 0 Å². The summed E-state index contributed by atoms with van der Waals surface area (Å²) in [5.41, 5.74) is 2.35. The Labute approximate surface area is 113 Å². The van der Waals surface area contributed by atoms with E-state index in [1.165, 1.54) is 0 Å². The summed E-state index contributed by atoms with van der Waals surface area (Å²) >= 11 is 0. The Bertz CT molecular complexity index is 601. The molecule has 1 aromatic rings. The van der Waals surface area contributed by atoms with Gasteiger partial charge in [-0.2, -0.15) is 0 Å². The van der Waals surface area contributed by atoms with Crippen molar-refractivity contribution in [2.45, 2.75) is 6.92 Å². The molecule has 0 atom stereocenters. The van der Waals surface area contributed by atoms with E-state index >= 15 is 0 Å². The molecule has 1 aliphatic carbocycles. The average molecular weight is 249 g/mol. The van der Waals surface area contributed by atoms with Crippen molar-refractivity contribution in [3.63, 3.8) is 0 Å². The maximum absolute atomic E-state index is 12.0. The van der Waals surface area contributed by atoms with Crippen LogP contribution in [-0.4, -0.2) is 11.6 Å². The maximum atomic E-state index is 12.0. The molecular formula is C17H15NO. The number of hydrogen-bond donors (Lipinski definition) is 0. The predicted octanol–water partition coefficient (Wildman–Crippen LogP) is 3.90. The van der Waals surface area contributed by atoms with Crippen molar-refractivity contribution in [2.75, 3.05) is 0 Å². The average Bonchev–Trinajstić information content (AvgIpc) is 2.53. The molecule has 94 valence electrons.